The molecule has 0 bridgehead atoms. The molecular weight excluding hydrogens is 216 g/mol. The number of ether oxygens (including phenoxy) is 1. The first-order chi connectivity index (χ1) is 8.20. The molecule has 0 saturated carbocycles. The lowest BCUT2D eigenvalue weighted by Gasteiger charge is -2.16. The third-order valence-corrected chi connectivity index (χ3v) is 3.11. The second kappa shape index (κ2) is 5.29. The summed E-state index contributed by atoms with van der Waals surface area (Å²) in [6, 6.07) is 7.90. The zero-order valence-corrected chi connectivity index (χ0v) is 10.2. The number of amides is 1. The average Bonchev–Trinajstić information content (AvgIpc) is 2.80. The molecule has 1 aromatic rings. The largest absolute Gasteiger partial charge is 0.379 e. The van der Waals surface area contributed by atoms with Crippen LogP contribution >= 0.6 is 0 Å². The lowest BCUT2D eigenvalue weighted by atomic mass is 10.0. The van der Waals surface area contributed by atoms with Gasteiger partial charge in [0, 0.05) is 11.7 Å². The second-order valence-electron chi connectivity index (χ2n) is 4.39. The summed E-state index contributed by atoms with van der Waals surface area (Å²) in [6.45, 7) is 3.11. The molecule has 1 aromatic carbocycles. The van der Waals surface area contributed by atoms with E-state index in [0.29, 0.717) is 13.2 Å². The molecule has 1 fully saturated rings. The van der Waals surface area contributed by atoms with Gasteiger partial charge in [-0.15, -0.1) is 0 Å². The third kappa shape index (κ3) is 2.84. The van der Waals surface area contributed by atoms with Crippen LogP contribution in [0, 0.1) is 12.8 Å². The Morgan fingerprint density at radius 3 is 2.65 bits per heavy atom. The van der Waals surface area contributed by atoms with E-state index in [1.54, 1.807) is 0 Å². The number of aryl methyl sites for hydroxylation is 1. The van der Waals surface area contributed by atoms with Gasteiger partial charge in [-0.05, 0) is 26.1 Å². The molecular formula is C13H18N2O2. The van der Waals surface area contributed by atoms with Gasteiger partial charge in [-0.3, -0.25) is 4.79 Å². The Labute approximate surface area is 101 Å². The van der Waals surface area contributed by atoms with E-state index in [9.17, 15) is 4.79 Å². The second-order valence-corrected chi connectivity index (χ2v) is 4.39. The Hall–Kier alpha value is -1.39. The molecule has 1 saturated heterocycles. The molecule has 2 N–H and O–H groups in total. The third-order valence-electron chi connectivity index (χ3n) is 3.11. The van der Waals surface area contributed by atoms with Crippen molar-refractivity contribution in [2.45, 2.75) is 13.0 Å². The molecule has 17 heavy (non-hydrogen) atoms. The van der Waals surface area contributed by atoms with Crippen molar-refractivity contribution in [3.8, 4) is 0 Å². The topological polar surface area (TPSA) is 50.4 Å². The van der Waals surface area contributed by atoms with E-state index >= 15 is 0 Å². The summed E-state index contributed by atoms with van der Waals surface area (Å²) < 4.78 is 5.32. The summed E-state index contributed by atoms with van der Waals surface area (Å²) in [5.41, 5.74) is 2.02. The number of anilines is 1. The predicted molar refractivity (Wildman–Crippen MR) is 67.0 cm³/mol. The van der Waals surface area contributed by atoms with Crippen LogP contribution in [0.1, 0.15) is 5.56 Å². The van der Waals surface area contributed by atoms with Crippen molar-refractivity contribution in [1.82, 2.24) is 5.32 Å². The summed E-state index contributed by atoms with van der Waals surface area (Å²) in [5, 5.41) is 6.02. The number of nitrogens with one attached hydrogen (secondary N) is 2. The number of carbonyl (C=O) groups excluding carboxylic acids is 1. The summed E-state index contributed by atoms with van der Waals surface area (Å²) >= 11 is 0. The first-order valence-corrected chi connectivity index (χ1v) is 5.83. The van der Waals surface area contributed by atoms with Crippen molar-refractivity contribution in [1.29, 1.82) is 0 Å². The van der Waals surface area contributed by atoms with Crippen LogP contribution in [0.4, 0.5) is 5.69 Å². The van der Waals surface area contributed by atoms with Gasteiger partial charge in [-0.2, -0.15) is 0 Å². The number of benzene rings is 1. The van der Waals surface area contributed by atoms with Crippen molar-refractivity contribution in [2.75, 3.05) is 25.6 Å². The van der Waals surface area contributed by atoms with Crippen LogP contribution in [0.25, 0.3) is 0 Å². The minimum Gasteiger partial charge on any atom is -0.379 e. The van der Waals surface area contributed by atoms with Gasteiger partial charge < -0.3 is 15.4 Å². The molecule has 1 heterocycles. The molecule has 2 unspecified atom stereocenters. The Morgan fingerprint density at radius 1 is 1.29 bits per heavy atom. The lowest BCUT2D eigenvalue weighted by molar-refractivity contribution is -0.120. The van der Waals surface area contributed by atoms with E-state index < -0.39 is 0 Å². The summed E-state index contributed by atoms with van der Waals surface area (Å²) in [7, 11) is 1.85. The zero-order chi connectivity index (χ0) is 12.3. The molecule has 0 aromatic heterocycles. The van der Waals surface area contributed by atoms with Crippen molar-refractivity contribution >= 4 is 11.6 Å². The summed E-state index contributed by atoms with van der Waals surface area (Å²) in [6.07, 6.45) is 0. The minimum absolute atomic E-state index is 0.0192. The normalized spacial score (nSPS) is 23.6. The molecule has 0 spiro atoms. The van der Waals surface area contributed by atoms with Crippen LogP contribution in [0.2, 0.25) is 0 Å². The average molecular weight is 234 g/mol. The Morgan fingerprint density at radius 2 is 2.00 bits per heavy atom. The van der Waals surface area contributed by atoms with Gasteiger partial charge in [-0.25, -0.2) is 0 Å². The van der Waals surface area contributed by atoms with Gasteiger partial charge in [0.25, 0.3) is 0 Å². The summed E-state index contributed by atoms with van der Waals surface area (Å²) in [5.74, 6) is -0.0907. The molecule has 92 valence electrons. The molecule has 4 nitrogen and oxygen atoms in total. The highest BCUT2D eigenvalue weighted by Gasteiger charge is 2.32. The van der Waals surface area contributed by atoms with Crippen molar-refractivity contribution in [3.63, 3.8) is 0 Å². The highest BCUT2D eigenvalue weighted by atomic mass is 16.5. The number of carbonyl (C=O) groups is 1. The van der Waals surface area contributed by atoms with Gasteiger partial charge in [0.2, 0.25) is 5.91 Å². The molecule has 0 aliphatic carbocycles. The molecule has 2 rings (SSSR count). The van der Waals surface area contributed by atoms with Crippen LogP contribution in [-0.2, 0) is 9.53 Å². The number of rotatable bonds is 3. The molecule has 2 atom stereocenters. The van der Waals surface area contributed by atoms with E-state index in [2.05, 4.69) is 10.6 Å². The van der Waals surface area contributed by atoms with Crippen LogP contribution in [0.5, 0.6) is 0 Å². The van der Waals surface area contributed by atoms with E-state index in [1.807, 2.05) is 38.2 Å². The highest BCUT2D eigenvalue weighted by molar-refractivity contribution is 5.93. The van der Waals surface area contributed by atoms with Gasteiger partial charge in [0.15, 0.2) is 0 Å². The van der Waals surface area contributed by atoms with E-state index in [-0.39, 0.29) is 17.9 Å². The smallest absolute Gasteiger partial charge is 0.231 e. The van der Waals surface area contributed by atoms with Crippen LogP contribution in [-0.4, -0.2) is 32.2 Å². The van der Waals surface area contributed by atoms with Gasteiger partial charge in [0.05, 0.1) is 19.1 Å². The number of hydrogen-bond donors (Lipinski definition) is 2. The Kier molecular flexibility index (Phi) is 3.76. The quantitative estimate of drug-likeness (QED) is 0.825. The van der Waals surface area contributed by atoms with E-state index in [1.165, 1.54) is 5.56 Å². The van der Waals surface area contributed by atoms with E-state index in [4.69, 9.17) is 4.74 Å². The maximum absolute atomic E-state index is 12.0. The monoisotopic (exact) mass is 234 g/mol. The maximum Gasteiger partial charge on any atom is 0.231 e. The van der Waals surface area contributed by atoms with Crippen molar-refractivity contribution in [3.05, 3.63) is 29.8 Å². The van der Waals surface area contributed by atoms with Gasteiger partial charge in [0.1, 0.15) is 0 Å². The summed E-state index contributed by atoms with van der Waals surface area (Å²) in [4.78, 5) is 12.0. The van der Waals surface area contributed by atoms with Crippen molar-refractivity contribution in [2.24, 2.45) is 5.92 Å². The molecule has 1 aliphatic rings. The maximum atomic E-state index is 12.0. The standard InChI is InChI=1S/C13H18N2O2/c1-9-3-5-10(6-4-9)15-13(16)11-7-17-8-12(11)14-2/h3-6,11-12,14H,7-8H2,1-2H3,(H,15,16). The number of hydrogen-bond acceptors (Lipinski definition) is 3. The van der Waals surface area contributed by atoms with Gasteiger partial charge in [-0.1, -0.05) is 17.7 Å². The fourth-order valence-electron chi connectivity index (χ4n) is 1.97. The molecule has 0 radical (unpaired) electrons. The first-order valence-electron chi connectivity index (χ1n) is 5.83. The minimum atomic E-state index is -0.110. The van der Waals surface area contributed by atoms with Crippen LogP contribution in [0.15, 0.2) is 24.3 Å². The van der Waals surface area contributed by atoms with Crippen LogP contribution in [0.3, 0.4) is 0 Å². The zero-order valence-electron chi connectivity index (χ0n) is 10.2. The lowest BCUT2D eigenvalue weighted by Crippen LogP contribution is -2.39. The Bertz CT molecular complexity index is 389. The first kappa shape index (κ1) is 12.1. The van der Waals surface area contributed by atoms with Crippen LogP contribution < -0.4 is 10.6 Å². The number of likely N-dealkylation sites (N-methyl/N-ethyl adjacent to an activating group) is 1. The fourth-order valence-corrected chi connectivity index (χ4v) is 1.97. The van der Waals surface area contributed by atoms with Crippen molar-refractivity contribution < 1.29 is 9.53 Å². The molecule has 1 amide bonds. The van der Waals surface area contributed by atoms with Gasteiger partial charge >= 0.3 is 0 Å². The SMILES string of the molecule is CNC1COCC1C(=O)Nc1ccc(C)cc1. The molecule has 1 aliphatic heterocycles. The van der Waals surface area contributed by atoms with E-state index in [0.717, 1.165) is 5.69 Å². The highest BCUT2D eigenvalue weighted by Crippen LogP contribution is 2.16. The molecule has 4 heteroatoms. The fraction of sp³-hybridized carbons (Fsp3) is 0.462. The predicted octanol–water partition coefficient (Wildman–Crippen LogP) is 1.17. The Balaban J connectivity index is 1.99.